The lowest BCUT2D eigenvalue weighted by Gasteiger charge is -2.30. The summed E-state index contributed by atoms with van der Waals surface area (Å²) in [6, 6.07) is 3.78. The first kappa shape index (κ1) is 10.4. The molecule has 5 heteroatoms. The molecule has 0 bridgehead atoms. The van der Waals surface area contributed by atoms with E-state index in [4.69, 9.17) is 23.2 Å². The molecular formula is C11H10Cl2N2O. The van der Waals surface area contributed by atoms with Gasteiger partial charge in [-0.25, -0.2) is 0 Å². The van der Waals surface area contributed by atoms with E-state index in [0.29, 0.717) is 15.6 Å². The van der Waals surface area contributed by atoms with E-state index in [9.17, 15) is 4.79 Å². The molecule has 0 saturated carbocycles. The summed E-state index contributed by atoms with van der Waals surface area (Å²) in [6.45, 7) is 2.35. The number of nitrogens with one attached hydrogen (secondary N) is 1. The maximum absolute atomic E-state index is 12.2. The van der Waals surface area contributed by atoms with E-state index >= 15 is 0 Å². The number of carbonyl (C=O) groups excluding carboxylic acids is 1. The van der Waals surface area contributed by atoms with Crippen LogP contribution in [0.4, 0.5) is 0 Å². The van der Waals surface area contributed by atoms with Crippen LogP contribution in [0.2, 0.25) is 10.0 Å². The molecule has 0 aromatic heterocycles. The minimum absolute atomic E-state index is 0.00833. The molecule has 3 rings (SSSR count). The predicted octanol–water partition coefficient (Wildman–Crippen LogP) is 2.09. The van der Waals surface area contributed by atoms with Crippen LogP contribution in [0.5, 0.6) is 0 Å². The molecule has 1 fully saturated rings. The number of fused-ring (bicyclic) bond motifs is 3. The first-order valence-corrected chi connectivity index (χ1v) is 5.95. The third-order valence-corrected chi connectivity index (χ3v) is 4.01. The molecular weight excluding hydrogens is 247 g/mol. The van der Waals surface area contributed by atoms with Crippen LogP contribution in [0.25, 0.3) is 0 Å². The van der Waals surface area contributed by atoms with Crippen LogP contribution in [-0.4, -0.2) is 30.4 Å². The third-order valence-electron chi connectivity index (χ3n) is 3.20. The van der Waals surface area contributed by atoms with Gasteiger partial charge in [-0.1, -0.05) is 29.3 Å². The summed E-state index contributed by atoms with van der Waals surface area (Å²) in [4.78, 5) is 14.0. The smallest absolute Gasteiger partial charge is 0.256 e. The molecule has 16 heavy (non-hydrogen) atoms. The van der Waals surface area contributed by atoms with Gasteiger partial charge in [0.15, 0.2) is 0 Å². The summed E-state index contributed by atoms with van der Waals surface area (Å²) in [5.74, 6) is 0.00833. The molecule has 84 valence electrons. The van der Waals surface area contributed by atoms with Crippen molar-refractivity contribution in [2.24, 2.45) is 0 Å². The monoisotopic (exact) mass is 256 g/mol. The summed E-state index contributed by atoms with van der Waals surface area (Å²) in [5.41, 5.74) is 1.58. The summed E-state index contributed by atoms with van der Waals surface area (Å²) >= 11 is 12.0. The fourth-order valence-electron chi connectivity index (χ4n) is 2.43. The Labute approximate surface area is 103 Å². The van der Waals surface area contributed by atoms with Crippen LogP contribution < -0.4 is 5.32 Å². The molecule has 1 saturated heterocycles. The normalized spacial score (nSPS) is 23.2. The second-order valence-electron chi connectivity index (χ2n) is 4.04. The highest BCUT2D eigenvalue weighted by atomic mass is 35.5. The van der Waals surface area contributed by atoms with E-state index < -0.39 is 0 Å². The number of rotatable bonds is 0. The van der Waals surface area contributed by atoms with Gasteiger partial charge in [-0.3, -0.25) is 4.79 Å². The molecule has 1 amide bonds. The highest BCUT2D eigenvalue weighted by Crippen LogP contribution is 2.40. The number of nitrogens with zero attached hydrogens (tertiary/aromatic N) is 1. The number of halogens is 2. The molecule has 1 N–H and O–H groups in total. The van der Waals surface area contributed by atoms with Gasteiger partial charge in [-0.15, -0.1) is 0 Å². The van der Waals surface area contributed by atoms with Crippen LogP contribution in [0.1, 0.15) is 22.0 Å². The zero-order valence-electron chi connectivity index (χ0n) is 8.46. The molecule has 1 aromatic rings. The Kier molecular flexibility index (Phi) is 2.35. The summed E-state index contributed by atoms with van der Waals surface area (Å²) in [5, 5.41) is 4.12. The first-order valence-electron chi connectivity index (χ1n) is 5.19. The Hall–Kier alpha value is -0.770. The van der Waals surface area contributed by atoms with Crippen LogP contribution in [0.3, 0.4) is 0 Å². The quantitative estimate of drug-likeness (QED) is 0.771. The Morgan fingerprint density at radius 1 is 1.38 bits per heavy atom. The topological polar surface area (TPSA) is 32.3 Å². The van der Waals surface area contributed by atoms with Gasteiger partial charge >= 0.3 is 0 Å². The molecule has 2 aliphatic heterocycles. The minimum Gasteiger partial charge on any atom is -0.329 e. The Morgan fingerprint density at radius 2 is 2.19 bits per heavy atom. The standard InChI is InChI=1S/C11H10Cl2N2O/c12-7-2-1-6-8-5-14-3-4-15(8)11(16)9(6)10(7)13/h1-2,8,14H,3-5H2/t8-/m0/s1. The van der Waals surface area contributed by atoms with Gasteiger partial charge in [0.05, 0.1) is 21.7 Å². The second kappa shape index (κ2) is 3.62. The zero-order chi connectivity index (χ0) is 11.3. The van der Waals surface area contributed by atoms with Crippen molar-refractivity contribution in [3.8, 4) is 0 Å². The fourth-order valence-corrected chi connectivity index (χ4v) is 2.84. The number of hydrogen-bond donors (Lipinski definition) is 1. The molecule has 0 unspecified atom stereocenters. The lowest BCUT2D eigenvalue weighted by Crippen LogP contribution is -2.44. The number of amides is 1. The molecule has 0 spiro atoms. The fraction of sp³-hybridized carbons (Fsp3) is 0.364. The molecule has 0 aliphatic carbocycles. The first-order chi connectivity index (χ1) is 7.70. The minimum atomic E-state index is 0.00833. The third kappa shape index (κ3) is 1.29. The van der Waals surface area contributed by atoms with Gasteiger partial charge in [0.2, 0.25) is 0 Å². The molecule has 1 atom stereocenters. The predicted molar refractivity (Wildman–Crippen MR) is 63.1 cm³/mol. The lowest BCUT2D eigenvalue weighted by atomic mass is 10.0. The average Bonchev–Trinajstić information content (AvgIpc) is 2.59. The molecule has 0 radical (unpaired) electrons. The van der Waals surface area contributed by atoms with Gasteiger partial charge in [-0.05, 0) is 11.6 Å². The second-order valence-corrected chi connectivity index (χ2v) is 4.83. The van der Waals surface area contributed by atoms with Gasteiger partial charge in [-0.2, -0.15) is 0 Å². The van der Waals surface area contributed by atoms with Crippen LogP contribution in [0, 0.1) is 0 Å². The van der Waals surface area contributed by atoms with Crippen molar-refractivity contribution in [3.05, 3.63) is 33.3 Å². The molecule has 2 aliphatic rings. The largest absolute Gasteiger partial charge is 0.329 e. The molecule has 1 aromatic carbocycles. The van der Waals surface area contributed by atoms with Crippen molar-refractivity contribution >= 4 is 29.1 Å². The summed E-state index contributed by atoms with van der Waals surface area (Å²) in [7, 11) is 0. The van der Waals surface area contributed by atoms with E-state index in [0.717, 1.165) is 25.2 Å². The highest BCUT2D eigenvalue weighted by Gasteiger charge is 2.39. The maximum atomic E-state index is 12.2. The van der Waals surface area contributed by atoms with Crippen LogP contribution in [-0.2, 0) is 0 Å². The summed E-state index contributed by atoms with van der Waals surface area (Å²) < 4.78 is 0. The van der Waals surface area contributed by atoms with Crippen molar-refractivity contribution < 1.29 is 4.79 Å². The Balaban J connectivity index is 2.17. The van der Waals surface area contributed by atoms with Crippen LogP contribution >= 0.6 is 23.2 Å². The number of carbonyl (C=O) groups is 1. The Bertz CT molecular complexity index is 475. The van der Waals surface area contributed by atoms with Gasteiger partial charge in [0.1, 0.15) is 0 Å². The van der Waals surface area contributed by atoms with Crippen molar-refractivity contribution in [2.75, 3.05) is 19.6 Å². The van der Waals surface area contributed by atoms with E-state index in [-0.39, 0.29) is 11.9 Å². The van der Waals surface area contributed by atoms with Crippen molar-refractivity contribution in [3.63, 3.8) is 0 Å². The van der Waals surface area contributed by atoms with Crippen molar-refractivity contribution in [1.82, 2.24) is 10.2 Å². The number of piperazine rings is 1. The van der Waals surface area contributed by atoms with Crippen molar-refractivity contribution in [2.45, 2.75) is 6.04 Å². The average molecular weight is 257 g/mol. The molecule has 3 nitrogen and oxygen atoms in total. The van der Waals surface area contributed by atoms with Gasteiger partial charge in [0.25, 0.3) is 5.91 Å². The Morgan fingerprint density at radius 3 is 3.00 bits per heavy atom. The maximum Gasteiger partial charge on any atom is 0.256 e. The zero-order valence-corrected chi connectivity index (χ0v) is 9.98. The van der Waals surface area contributed by atoms with Gasteiger partial charge in [0, 0.05) is 19.6 Å². The lowest BCUT2D eigenvalue weighted by molar-refractivity contribution is 0.0691. The van der Waals surface area contributed by atoms with E-state index in [2.05, 4.69) is 5.32 Å². The number of benzene rings is 1. The van der Waals surface area contributed by atoms with E-state index in [1.165, 1.54) is 0 Å². The molecule has 2 heterocycles. The van der Waals surface area contributed by atoms with E-state index in [1.807, 2.05) is 11.0 Å². The SMILES string of the molecule is O=C1c2c(ccc(Cl)c2Cl)[C@@H]2CNCCN12. The summed E-state index contributed by atoms with van der Waals surface area (Å²) in [6.07, 6.45) is 0. The van der Waals surface area contributed by atoms with Crippen molar-refractivity contribution in [1.29, 1.82) is 0 Å². The highest BCUT2D eigenvalue weighted by molar-refractivity contribution is 6.44. The number of hydrogen-bond acceptors (Lipinski definition) is 2. The van der Waals surface area contributed by atoms with E-state index in [1.54, 1.807) is 6.07 Å². The van der Waals surface area contributed by atoms with Crippen LogP contribution in [0.15, 0.2) is 12.1 Å². The van der Waals surface area contributed by atoms with Gasteiger partial charge < -0.3 is 10.2 Å².